The second kappa shape index (κ2) is 5.27. The molecule has 1 aromatic carbocycles. The number of piperidine rings is 1. The van der Waals surface area contributed by atoms with Crippen molar-refractivity contribution in [2.45, 2.75) is 18.9 Å². The van der Waals surface area contributed by atoms with Gasteiger partial charge in [0.2, 0.25) is 0 Å². The summed E-state index contributed by atoms with van der Waals surface area (Å²) in [5, 5.41) is 7.02. The van der Waals surface area contributed by atoms with Crippen molar-refractivity contribution in [2.75, 3.05) is 18.4 Å². The zero-order valence-corrected chi connectivity index (χ0v) is 10.4. The van der Waals surface area contributed by atoms with Gasteiger partial charge in [0, 0.05) is 23.6 Å². The monoisotopic (exact) mass is 241 g/mol. The lowest BCUT2D eigenvalue weighted by atomic mass is 10.1. The summed E-state index contributed by atoms with van der Waals surface area (Å²) in [7, 11) is 0. The van der Waals surface area contributed by atoms with Gasteiger partial charge in [-0.2, -0.15) is 0 Å². The van der Waals surface area contributed by atoms with Crippen LogP contribution < -0.4 is 10.6 Å². The summed E-state index contributed by atoms with van der Waals surface area (Å²) in [6.07, 6.45) is 4.36. The molecule has 2 heterocycles. The molecule has 1 aliphatic rings. The molecule has 0 saturated carbocycles. The highest BCUT2D eigenvalue weighted by Gasteiger charge is 2.12. The third kappa shape index (κ3) is 2.57. The predicted molar refractivity (Wildman–Crippen MR) is 75.7 cm³/mol. The second-order valence-corrected chi connectivity index (χ2v) is 4.83. The average molecular weight is 241 g/mol. The lowest BCUT2D eigenvalue weighted by molar-refractivity contribution is 0.479. The van der Waals surface area contributed by atoms with Gasteiger partial charge in [-0.1, -0.05) is 12.1 Å². The molecule has 1 aliphatic heterocycles. The highest BCUT2D eigenvalue weighted by Crippen LogP contribution is 2.22. The normalized spacial score (nSPS) is 16.7. The first-order chi connectivity index (χ1) is 8.92. The highest BCUT2D eigenvalue weighted by molar-refractivity contribution is 5.65. The summed E-state index contributed by atoms with van der Waals surface area (Å²) in [5.74, 6) is 0. The number of aromatic nitrogens is 1. The van der Waals surface area contributed by atoms with Crippen LogP contribution in [0, 0.1) is 0 Å². The fourth-order valence-electron chi connectivity index (χ4n) is 2.49. The van der Waals surface area contributed by atoms with Crippen molar-refractivity contribution in [3.63, 3.8) is 0 Å². The molecule has 0 atom stereocenters. The molecule has 1 fully saturated rings. The maximum atomic E-state index is 3.63. The zero-order chi connectivity index (χ0) is 12.2. The fourth-order valence-corrected chi connectivity index (χ4v) is 2.49. The van der Waals surface area contributed by atoms with E-state index in [9.17, 15) is 0 Å². The van der Waals surface area contributed by atoms with Crippen molar-refractivity contribution < 1.29 is 0 Å². The molecule has 3 nitrogen and oxygen atoms in total. The quantitative estimate of drug-likeness (QED) is 0.773. The first-order valence-electron chi connectivity index (χ1n) is 6.63. The van der Waals surface area contributed by atoms with Crippen LogP contribution in [0.2, 0.25) is 0 Å². The molecule has 2 aromatic rings. The molecule has 0 amide bonds. The van der Waals surface area contributed by atoms with Gasteiger partial charge in [-0.3, -0.25) is 0 Å². The van der Waals surface area contributed by atoms with Crippen LogP contribution in [-0.2, 0) is 0 Å². The number of anilines is 1. The fraction of sp³-hybridized carbons (Fsp3) is 0.333. The standard InChI is InChI=1S/C15H19N3/c1-3-12(15-5-2-8-17-15)11-14(4-1)18-13-6-9-16-10-7-13/h1-5,8,11,13,16-18H,6-7,9-10H2. The Balaban J connectivity index is 1.74. The van der Waals surface area contributed by atoms with Crippen LogP contribution in [0.1, 0.15) is 12.8 Å². The second-order valence-electron chi connectivity index (χ2n) is 4.83. The molecule has 3 rings (SSSR count). The number of benzene rings is 1. The van der Waals surface area contributed by atoms with Crippen LogP contribution in [0.5, 0.6) is 0 Å². The maximum absolute atomic E-state index is 3.63. The van der Waals surface area contributed by atoms with E-state index in [1.165, 1.54) is 29.8 Å². The Morgan fingerprint density at radius 3 is 2.72 bits per heavy atom. The van der Waals surface area contributed by atoms with Crippen LogP contribution >= 0.6 is 0 Å². The molecule has 18 heavy (non-hydrogen) atoms. The van der Waals surface area contributed by atoms with Crippen LogP contribution in [0.3, 0.4) is 0 Å². The molecule has 0 aliphatic carbocycles. The minimum Gasteiger partial charge on any atom is -0.382 e. The summed E-state index contributed by atoms with van der Waals surface area (Å²) in [6.45, 7) is 2.24. The van der Waals surface area contributed by atoms with Crippen LogP contribution in [0.25, 0.3) is 11.3 Å². The maximum Gasteiger partial charge on any atom is 0.0454 e. The van der Waals surface area contributed by atoms with E-state index in [-0.39, 0.29) is 0 Å². The van der Waals surface area contributed by atoms with Gasteiger partial charge in [0.25, 0.3) is 0 Å². The van der Waals surface area contributed by atoms with Gasteiger partial charge in [0.05, 0.1) is 0 Å². The Labute approximate surface area is 108 Å². The van der Waals surface area contributed by atoms with E-state index < -0.39 is 0 Å². The zero-order valence-electron chi connectivity index (χ0n) is 10.4. The summed E-state index contributed by atoms with van der Waals surface area (Å²) in [4.78, 5) is 3.25. The largest absolute Gasteiger partial charge is 0.382 e. The van der Waals surface area contributed by atoms with Gasteiger partial charge in [-0.05, 0) is 55.8 Å². The first kappa shape index (κ1) is 11.4. The van der Waals surface area contributed by atoms with E-state index in [0.717, 1.165) is 13.1 Å². The van der Waals surface area contributed by atoms with Gasteiger partial charge in [-0.15, -0.1) is 0 Å². The minimum atomic E-state index is 0.602. The van der Waals surface area contributed by atoms with Crippen molar-refractivity contribution in [2.24, 2.45) is 0 Å². The molecule has 0 radical (unpaired) electrons. The molecular weight excluding hydrogens is 222 g/mol. The van der Waals surface area contributed by atoms with E-state index in [2.05, 4.69) is 45.9 Å². The van der Waals surface area contributed by atoms with E-state index in [0.29, 0.717) is 6.04 Å². The van der Waals surface area contributed by atoms with E-state index in [1.54, 1.807) is 0 Å². The van der Waals surface area contributed by atoms with Crippen molar-refractivity contribution in [1.29, 1.82) is 0 Å². The number of hydrogen-bond acceptors (Lipinski definition) is 2. The summed E-state index contributed by atoms with van der Waals surface area (Å²) in [5.41, 5.74) is 3.62. The smallest absolute Gasteiger partial charge is 0.0454 e. The molecule has 0 bridgehead atoms. The summed E-state index contributed by atoms with van der Waals surface area (Å²) < 4.78 is 0. The first-order valence-corrected chi connectivity index (χ1v) is 6.63. The van der Waals surface area contributed by atoms with Gasteiger partial charge in [0.1, 0.15) is 0 Å². The van der Waals surface area contributed by atoms with Crippen molar-refractivity contribution in [3.05, 3.63) is 42.6 Å². The molecule has 3 heteroatoms. The summed E-state index contributed by atoms with van der Waals surface area (Å²) >= 11 is 0. The Morgan fingerprint density at radius 1 is 1.06 bits per heavy atom. The molecule has 94 valence electrons. The molecule has 0 unspecified atom stereocenters. The van der Waals surface area contributed by atoms with E-state index >= 15 is 0 Å². The molecular formula is C15H19N3. The van der Waals surface area contributed by atoms with Crippen molar-refractivity contribution in [3.8, 4) is 11.3 Å². The van der Waals surface area contributed by atoms with Gasteiger partial charge in [-0.25, -0.2) is 0 Å². The third-order valence-corrected chi connectivity index (χ3v) is 3.48. The van der Waals surface area contributed by atoms with Crippen LogP contribution in [-0.4, -0.2) is 24.1 Å². The highest BCUT2D eigenvalue weighted by atomic mass is 15.0. The minimum absolute atomic E-state index is 0.602. The van der Waals surface area contributed by atoms with Crippen LogP contribution in [0.4, 0.5) is 5.69 Å². The number of rotatable bonds is 3. The Hall–Kier alpha value is -1.74. The average Bonchev–Trinajstić information content (AvgIpc) is 2.94. The SMILES string of the molecule is c1cc(NC2CCNCC2)cc(-c2ccc[nH]2)c1. The van der Waals surface area contributed by atoms with Crippen LogP contribution in [0.15, 0.2) is 42.6 Å². The molecule has 1 saturated heterocycles. The van der Waals surface area contributed by atoms with Gasteiger partial charge < -0.3 is 15.6 Å². The Morgan fingerprint density at radius 2 is 1.94 bits per heavy atom. The molecule has 0 spiro atoms. The lowest BCUT2D eigenvalue weighted by Crippen LogP contribution is -2.35. The van der Waals surface area contributed by atoms with E-state index in [4.69, 9.17) is 0 Å². The molecule has 3 N–H and O–H groups in total. The molecule has 1 aromatic heterocycles. The Bertz CT molecular complexity index is 484. The lowest BCUT2D eigenvalue weighted by Gasteiger charge is -2.24. The van der Waals surface area contributed by atoms with Gasteiger partial charge in [0.15, 0.2) is 0 Å². The van der Waals surface area contributed by atoms with Crippen molar-refractivity contribution >= 4 is 5.69 Å². The number of aromatic amines is 1. The number of hydrogen-bond donors (Lipinski definition) is 3. The Kier molecular flexibility index (Phi) is 3.33. The van der Waals surface area contributed by atoms with Crippen molar-refractivity contribution in [1.82, 2.24) is 10.3 Å². The predicted octanol–water partition coefficient (Wildman–Crippen LogP) is 2.85. The van der Waals surface area contributed by atoms with E-state index in [1.807, 2.05) is 12.3 Å². The third-order valence-electron chi connectivity index (χ3n) is 3.48. The van der Waals surface area contributed by atoms with Gasteiger partial charge >= 0.3 is 0 Å². The number of nitrogens with one attached hydrogen (secondary N) is 3. The topological polar surface area (TPSA) is 39.8 Å². The summed E-state index contributed by atoms with van der Waals surface area (Å²) in [6, 6.07) is 13.3. The number of H-pyrrole nitrogens is 1.